The summed E-state index contributed by atoms with van der Waals surface area (Å²) in [7, 11) is 0. The molecule has 0 aliphatic rings. The molecular weight excluding hydrogens is 376 g/mol. The number of ether oxygens (including phenoxy) is 1. The van der Waals surface area contributed by atoms with E-state index in [4.69, 9.17) is 4.74 Å². The molecule has 0 spiro atoms. The van der Waals surface area contributed by atoms with Crippen LogP contribution in [0.4, 0.5) is 8.78 Å². The average Bonchev–Trinajstić information content (AvgIpc) is 2.31. The molecule has 0 radical (unpaired) electrons. The van der Waals surface area contributed by atoms with Crippen LogP contribution in [0.15, 0.2) is 10.7 Å². The van der Waals surface area contributed by atoms with Crippen molar-refractivity contribution >= 4 is 37.8 Å². The Morgan fingerprint density at radius 3 is 2.72 bits per heavy atom. The summed E-state index contributed by atoms with van der Waals surface area (Å²) in [4.78, 5) is 15.1. The first-order valence-electron chi connectivity index (χ1n) is 5.17. The molecule has 7 heteroatoms. The lowest BCUT2D eigenvalue weighted by atomic mass is 10.1. The number of hydrogen-bond acceptors (Lipinski definition) is 3. The quantitative estimate of drug-likeness (QED) is 0.571. The van der Waals surface area contributed by atoms with E-state index in [1.54, 1.807) is 6.92 Å². The predicted molar refractivity (Wildman–Crippen MR) is 69.9 cm³/mol. The van der Waals surface area contributed by atoms with E-state index >= 15 is 0 Å². The van der Waals surface area contributed by atoms with Crippen LogP contribution in [0.25, 0.3) is 0 Å². The van der Waals surface area contributed by atoms with Gasteiger partial charge in [-0.15, -0.1) is 0 Å². The van der Waals surface area contributed by atoms with Crippen LogP contribution < -0.4 is 0 Å². The number of pyridine rings is 1. The fourth-order valence-corrected chi connectivity index (χ4v) is 2.78. The van der Waals surface area contributed by atoms with E-state index in [9.17, 15) is 13.6 Å². The lowest BCUT2D eigenvalue weighted by Gasteiger charge is -2.12. The number of esters is 1. The van der Waals surface area contributed by atoms with Crippen molar-refractivity contribution in [1.29, 1.82) is 0 Å². The highest BCUT2D eigenvalue weighted by Gasteiger charge is 2.21. The molecule has 0 saturated carbocycles. The number of halogens is 4. The molecule has 0 aromatic carbocycles. The Morgan fingerprint density at radius 1 is 1.56 bits per heavy atom. The number of carbonyl (C=O) groups excluding carboxylic acids is 1. The summed E-state index contributed by atoms with van der Waals surface area (Å²) < 4.78 is 30.9. The van der Waals surface area contributed by atoms with Gasteiger partial charge in [-0.2, -0.15) is 0 Å². The zero-order valence-corrected chi connectivity index (χ0v) is 12.7. The number of hydrogen-bond donors (Lipinski definition) is 0. The zero-order chi connectivity index (χ0) is 13.7. The SMILES string of the molecule is CCOC(=O)Cc1c(C(F)F)ncc(CBr)c1Br. The molecule has 0 atom stereocenters. The summed E-state index contributed by atoms with van der Waals surface area (Å²) >= 11 is 6.46. The molecule has 0 saturated heterocycles. The third-order valence-electron chi connectivity index (χ3n) is 2.19. The highest BCUT2D eigenvalue weighted by Crippen LogP contribution is 2.31. The van der Waals surface area contributed by atoms with E-state index in [1.807, 2.05) is 0 Å². The number of aromatic nitrogens is 1. The van der Waals surface area contributed by atoms with Crippen molar-refractivity contribution in [2.24, 2.45) is 0 Å². The Morgan fingerprint density at radius 2 is 2.22 bits per heavy atom. The van der Waals surface area contributed by atoms with Gasteiger partial charge in [0.2, 0.25) is 0 Å². The van der Waals surface area contributed by atoms with Crippen LogP contribution in [0, 0.1) is 0 Å². The van der Waals surface area contributed by atoms with Crippen LogP contribution in [0.3, 0.4) is 0 Å². The second-order valence-corrected chi connectivity index (χ2v) is 4.73. The minimum Gasteiger partial charge on any atom is -0.466 e. The van der Waals surface area contributed by atoms with E-state index < -0.39 is 12.4 Å². The van der Waals surface area contributed by atoms with Gasteiger partial charge in [0.15, 0.2) is 0 Å². The van der Waals surface area contributed by atoms with Crippen molar-refractivity contribution in [2.75, 3.05) is 6.61 Å². The van der Waals surface area contributed by atoms with Gasteiger partial charge in [0.1, 0.15) is 5.69 Å². The van der Waals surface area contributed by atoms with E-state index in [2.05, 4.69) is 36.8 Å². The lowest BCUT2D eigenvalue weighted by Crippen LogP contribution is -2.12. The topological polar surface area (TPSA) is 39.2 Å². The van der Waals surface area contributed by atoms with Crippen molar-refractivity contribution in [3.63, 3.8) is 0 Å². The molecular formula is C11H11Br2F2NO2. The molecule has 0 bridgehead atoms. The van der Waals surface area contributed by atoms with Crippen LogP contribution in [0.5, 0.6) is 0 Å². The smallest absolute Gasteiger partial charge is 0.310 e. The van der Waals surface area contributed by atoms with Crippen LogP contribution in [-0.2, 0) is 21.3 Å². The normalized spacial score (nSPS) is 10.8. The molecule has 0 aliphatic heterocycles. The van der Waals surface area contributed by atoms with Gasteiger partial charge in [-0.05, 0) is 12.5 Å². The van der Waals surface area contributed by atoms with E-state index in [1.165, 1.54) is 6.20 Å². The Kier molecular flexibility index (Phi) is 6.14. The van der Waals surface area contributed by atoms with Crippen LogP contribution >= 0.6 is 31.9 Å². The summed E-state index contributed by atoms with van der Waals surface area (Å²) in [5.74, 6) is -0.548. The molecule has 1 heterocycles. The number of nitrogens with zero attached hydrogens (tertiary/aromatic N) is 1. The summed E-state index contributed by atoms with van der Waals surface area (Å²) in [6, 6.07) is 0. The maximum Gasteiger partial charge on any atom is 0.310 e. The maximum absolute atomic E-state index is 12.8. The van der Waals surface area contributed by atoms with Gasteiger partial charge in [0.05, 0.1) is 13.0 Å². The van der Waals surface area contributed by atoms with Gasteiger partial charge in [-0.1, -0.05) is 31.9 Å². The largest absolute Gasteiger partial charge is 0.466 e. The van der Waals surface area contributed by atoms with Crippen molar-refractivity contribution in [1.82, 2.24) is 4.98 Å². The Hall–Kier alpha value is -0.560. The summed E-state index contributed by atoms with van der Waals surface area (Å²) in [5, 5.41) is 0.458. The van der Waals surface area contributed by atoms with Crippen molar-refractivity contribution in [3.05, 3.63) is 27.5 Å². The van der Waals surface area contributed by atoms with Crippen molar-refractivity contribution in [3.8, 4) is 0 Å². The van der Waals surface area contributed by atoms with Crippen molar-refractivity contribution < 1.29 is 18.3 Å². The fourth-order valence-electron chi connectivity index (χ4n) is 1.39. The van der Waals surface area contributed by atoms with Gasteiger partial charge in [-0.3, -0.25) is 9.78 Å². The van der Waals surface area contributed by atoms with Gasteiger partial charge in [0.25, 0.3) is 6.43 Å². The number of alkyl halides is 3. The first kappa shape index (κ1) is 15.5. The van der Waals surface area contributed by atoms with Crippen molar-refractivity contribution in [2.45, 2.75) is 25.1 Å². The molecule has 0 N–H and O–H groups in total. The maximum atomic E-state index is 12.8. The van der Waals surface area contributed by atoms with E-state index in [-0.39, 0.29) is 24.3 Å². The van der Waals surface area contributed by atoms with Gasteiger partial charge < -0.3 is 4.74 Å². The van der Waals surface area contributed by atoms with Crippen LogP contribution in [-0.4, -0.2) is 17.6 Å². The molecule has 3 nitrogen and oxygen atoms in total. The predicted octanol–water partition coefficient (Wildman–Crippen LogP) is 3.78. The molecule has 1 rings (SSSR count). The lowest BCUT2D eigenvalue weighted by molar-refractivity contribution is -0.142. The van der Waals surface area contributed by atoms with E-state index in [0.717, 1.165) is 0 Å². The van der Waals surface area contributed by atoms with E-state index in [0.29, 0.717) is 15.4 Å². The molecule has 0 amide bonds. The zero-order valence-electron chi connectivity index (χ0n) is 9.55. The fraction of sp³-hybridized carbons (Fsp3) is 0.455. The molecule has 0 unspecified atom stereocenters. The first-order valence-corrected chi connectivity index (χ1v) is 7.08. The summed E-state index contributed by atoms with van der Waals surface area (Å²) in [6.07, 6.45) is -1.59. The second kappa shape index (κ2) is 7.13. The van der Waals surface area contributed by atoms with Crippen LogP contribution in [0.1, 0.15) is 30.2 Å². The molecule has 0 fully saturated rings. The Bertz CT molecular complexity index is 441. The number of rotatable bonds is 5. The third kappa shape index (κ3) is 3.71. The highest BCUT2D eigenvalue weighted by atomic mass is 79.9. The third-order valence-corrected chi connectivity index (χ3v) is 3.78. The average molecular weight is 387 g/mol. The number of carbonyl (C=O) groups is 1. The van der Waals surface area contributed by atoms with Crippen LogP contribution in [0.2, 0.25) is 0 Å². The van der Waals surface area contributed by atoms with Gasteiger partial charge >= 0.3 is 5.97 Å². The second-order valence-electron chi connectivity index (χ2n) is 3.38. The minimum atomic E-state index is -2.73. The highest BCUT2D eigenvalue weighted by molar-refractivity contribution is 9.10. The molecule has 0 aliphatic carbocycles. The Balaban J connectivity index is 3.15. The first-order chi connectivity index (χ1) is 8.51. The minimum absolute atomic E-state index is 0.181. The van der Waals surface area contributed by atoms with Gasteiger partial charge in [0, 0.05) is 21.6 Å². The molecule has 18 heavy (non-hydrogen) atoms. The van der Waals surface area contributed by atoms with Gasteiger partial charge in [-0.25, -0.2) is 8.78 Å². The monoisotopic (exact) mass is 385 g/mol. The molecule has 100 valence electrons. The molecule has 1 aromatic rings. The standard InChI is InChI=1S/C11H11Br2F2NO2/c1-2-18-8(17)3-7-9(13)6(4-12)5-16-10(7)11(14)15/h5,11H,2-4H2,1H3. The molecule has 1 aromatic heterocycles. The summed E-state index contributed by atoms with van der Waals surface area (Å²) in [6.45, 7) is 1.88. The summed E-state index contributed by atoms with van der Waals surface area (Å²) in [5.41, 5.74) is 0.499. The Labute approximate surface area is 120 Å².